The molecule has 3 rings (SSSR count). The number of benzene rings is 1. The smallest absolute Gasteiger partial charge is 0.229 e. The van der Waals surface area contributed by atoms with Gasteiger partial charge in [0.1, 0.15) is 5.02 Å². The van der Waals surface area contributed by atoms with Crippen molar-refractivity contribution in [2.24, 2.45) is 0 Å². The zero-order chi connectivity index (χ0) is 18.4. The molecule has 0 saturated carbocycles. The van der Waals surface area contributed by atoms with Crippen molar-refractivity contribution in [3.05, 3.63) is 59.5 Å². The third-order valence-electron chi connectivity index (χ3n) is 3.66. The SMILES string of the molecule is OCCn1cc(Nc2ncc(Cl)c(N[C@H](CO)c3ccccc3)n2)cn1. The van der Waals surface area contributed by atoms with Crippen LogP contribution in [-0.4, -0.2) is 43.2 Å². The average Bonchev–Trinajstić information content (AvgIpc) is 3.10. The van der Waals surface area contributed by atoms with Gasteiger partial charge in [-0.1, -0.05) is 41.9 Å². The van der Waals surface area contributed by atoms with Crippen molar-refractivity contribution in [3.63, 3.8) is 0 Å². The maximum Gasteiger partial charge on any atom is 0.229 e. The van der Waals surface area contributed by atoms with Gasteiger partial charge in [0, 0.05) is 6.20 Å². The van der Waals surface area contributed by atoms with Crippen LogP contribution in [0.3, 0.4) is 0 Å². The summed E-state index contributed by atoms with van der Waals surface area (Å²) in [4.78, 5) is 8.53. The number of nitrogens with one attached hydrogen (secondary N) is 2. The number of aliphatic hydroxyl groups excluding tert-OH is 2. The molecule has 0 radical (unpaired) electrons. The summed E-state index contributed by atoms with van der Waals surface area (Å²) >= 11 is 6.19. The summed E-state index contributed by atoms with van der Waals surface area (Å²) in [7, 11) is 0. The molecular weight excluding hydrogens is 356 g/mol. The molecule has 3 aromatic rings. The number of anilines is 3. The highest BCUT2D eigenvalue weighted by Gasteiger charge is 2.14. The fourth-order valence-electron chi connectivity index (χ4n) is 2.40. The van der Waals surface area contributed by atoms with Crippen LogP contribution in [0, 0.1) is 0 Å². The zero-order valence-electron chi connectivity index (χ0n) is 13.9. The highest BCUT2D eigenvalue weighted by Crippen LogP contribution is 2.25. The van der Waals surface area contributed by atoms with E-state index in [9.17, 15) is 5.11 Å². The van der Waals surface area contributed by atoms with Gasteiger partial charge in [0.25, 0.3) is 0 Å². The van der Waals surface area contributed by atoms with Crippen LogP contribution < -0.4 is 10.6 Å². The van der Waals surface area contributed by atoms with E-state index in [0.29, 0.717) is 29.0 Å². The lowest BCUT2D eigenvalue weighted by Crippen LogP contribution is -2.16. The van der Waals surface area contributed by atoms with Crippen LogP contribution >= 0.6 is 11.6 Å². The van der Waals surface area contributed by atoms with E-state index >= 15 is 0 Å². The zero-order valence-corrected chi connectivity index (χ0v) is 14.6. The van der Waals surface area contributed by atoms with Crippen LogP contribution in [0.15, 0.2) is 48.9 Å². The minimum atomic E-state index is -0.344. The largest absolute Gasteiger partial charge is 0.394 e. The molecule has 8 nitrogen and oxygen atoms in total. The molecule has 2 heterocycles. The van der Waals surface area contributed by atoms with Crippen LogP contribution in [-0.2, 0) is 6.54 Å². The molecule has 0 unspecified atom stereocenters. The summed E-state index contributed by atoms with van der Waals surface area (Å²) in [5, 5.41) is 29.3. The lowest BCUT2D eigenvalue weighted by atomic mass is 10.1. The maximum absolute atomic E-state index is 9.69. The van der Waals surface area contributed by atoms with Crippen molar-refractivity contribution in [2.75, 3.05) is 23.8 Å². The summed E-state index contributed by atoms with van der Waals surface area (Å²) in [6.45, 7) is 0.306. The molecule has 0 spiro atoms. The highest BCUT2D eigenvalue weighted by atomic mass is 35.5. The Morgan fingerprint density at radius 1 is 1.15 bits per heavy atom. The Morgan fingerprint density at radius 3 is 2.69 bits per heavy atom. The summed E-state index contributed by atoms with van der Waals surface area (Å²) in [5.41, 5.74) is 1.61. The van der Waals surface area contributed by atoms with Crippen molar-refractivity contribution < 1.29 is 10.2 Å². The van der Waals surface area contributed by atoms with E-state index in [2.05, 4.69) is 25.7 Å². The quantitative estimate of drug-likeness (QED) is 0.478. The average molecular weight is 375 g/mol. The lowest BCUT2D eigenvalue weighted by Gasteiger charge is -2.18. The standard InChI is InChI=1S/C17H19ClN6O2/c18-14-9-19-17(21-13-8-20-24(10-13)6-7-25)23-16(14)22-15(11-26)12-4-2-1-3-5-12/h1-5,8-10,15,25-26H,6-7,11H2,(H2,19,21,22,23)/t15-/m1/s1. The van der Waals surface area contributed by atoms with Gasteiger partial charge in [-0.3, -0.25) is 4.68 Å². The predicted octanol–water partition coefficient (Wildman–Crippen LogP) is 2.21. The van der Waals surface area contributed by atoms with Crippen LogP contribution in [0.25, 0.3) is 0 Å². The molecule has 0 bridgehead atoms. The number of halogens is 1. The molecule has 4 N–H and O–H groups in total. The van der Waals surface area contributed by atoms with E-state index in [1.165, 1.54) is 6.20 Å². The molecular formula is C17H19ClN6O2. The first kappa shape index (κ1) is 18.1. The van der Waals surface area contributed by atoms with E-state index in [1.807, 2.05) is 30.3 Å². The van der Waals surface area contributed by atoms with Crippen molar-refractivity contribution >= 4 is 29.1 Å². The fraction of sp³-hybridized carbons (Fsp3) is 0.235. The summed E-state index contributed by atoms with van der Waals surface area (Å²) in [6.07, 6.45) is 4.83. The van der Waals surface area contributed by atoms with Gasteiger partial charge < -0.3 is 20.8 Å². The van der Waals surface area contributed by atoms with Crippen LogP contribution in [0.4, 0.5) is 17.5 Å². The molecule has 0 aliphatic carbocycles. The predicted molar refractivity (Wildman–Crippen MR) is 99.5 cm³/mol. The normalized spacial score (nSPS) is 12.0. The van der Waals surface area contributed by atoms with E-state index < -0.39 is 0 Å². The number of nitrogens with zero attached hydrogens (tertiary/aromatic N) is 4. The van der Waals surface area contributed by atoms with E-state index in [-0.39, 0.29) is 19.3 Å². The van der Waals surface area contributed by atoms with Crippen molar-refractivity contribution in [1.29, 1.82) is 0 Å². The third-order valence-corrected chi connectivity index (χ3v) is 3.93. The molecule has 0 saturated heterocycles. The van der Waals surface area contributed by atoms with Crippen molar-refractivity contribution in [1.82, 2.24) is 19.7 Å². The molecule has 26 heavy (non-hydrogen) atoms. The second kappa shape index (κ2) is 8.61. The monoisotopic (exact) mass is 374 g/mol. The minimum absolute atomic E-state index is 0.00860. The first-order chi connectivity index (χ1) is 12.7. The Bertz CT molecular complexity index is 842. The van der Waals surface area contributed by atoms with Gasteiger partial charge in [-0.25, -0.2) is 4.98 Å². The second-order valence-corrected chi connectivity index (χ2v) is 5.93. The molecule has 0 amide bonds. The third kappa shape index (κ3) is 4.48. The van der Waals surface area contributed by atoms with Gasteiger partial charge in [-0.05, 0) is 5.56 Å². The second-order valence-electron chi connectivity index (χ2n) is 5.52. The molecule has 9 heteroatoms. The van der Waals surface area contributed by atoms with Crippen LogP contribution in [0.1, 0.15) is 11.6 Å². The number of hydrogen-bond donors (Lipinski definition) is 4. The Hall–Kier alpha value is -2.68. The Kier molecular flexibility index (Phi) is 6.00. The molecule has 1 aromatic carbocycles. The molecule has 0 aliphatic heterocycles. The number of aromatic nitrogens is 4. The molecule has 2 aromatic heterocycles. The maximum atomic E-state index is 9.69. The number of rotatable bonds is 8. The first-order valence-electron chi connectivity index (χ1n) is 8.05. The molecule has 0 aliphatic rings. The van der Waals surface area contributed by atoms with E-state index in [0.717, 1.165) is 5.56 Å². The Balaban J connectivity index is 1.76. The Morgan fingerprint density at radius 2 is 1.96 bits per heavy atom. The van der Waals surface area contributed by atoms with Gasteiger partial charge in [0.2, 0.25) is 5.95 Å². The minimum Gasteiger partial charge on any atom is -0.394 e. The summed E-state index contributed by atoms with van der Waals surface area (Å²) in [6, 6.07) is 9.20. The van der Waals surface area contributed by atoms with E-state index in [4.69, 9.17) is 16.7 Å². The van der Waals surface area contributed by atoms with Gasteiger partial charge in [-0.2, -0.15) is 10.1 Å². The first-order valence-corrected chi connectivity index (χ1v) is 8.42. The summed E-state index contributed by atoms with van der Waals surface area (Å²) < 4.78 is 1.61. The number of hydrogen-bond acceptors (Lipinski definition) is 7. The number of aliphatic hydroxyl groups is 2. The molecule has 136 valence electrons. The molecule has 0 fully saturated rings. The molecule has 1 atom stereocenters. The van der Waals surface area contributed by atoms with Crippen molar-refractivity contribution in [2.45, 2.75) is 12.6 Å². The van der Waals surface area contributed by atoms with E-state index in [1.54, 1.807) is 17.1 Å². The van der Waals surface area contributed by atoms with Gasteiger partial charge in [0.15, 0.2) is 5.82 Å². The van der Waals surface area contributed by atoms with Gasteiger partial charge >= 0.3 is 0 Å². The fourth-order valence-corrected chi connectivity index (χ4v) is 2.54. The van der Waals surface area contributed by atoms with Crippen LogP contribution in [0.5, 0.6) is 0 Å². The van der Waals surface area contributed by atoms with Gasteiger partial charge in [-0.15, -0.1) is 0 Å². The lowest BCUT2D eigenvalue weighted by molar-refractivity contribution is 0.269. The van der Waals surface area contributed by atoms with Crippen LogP contribution in [0.2, 0.25) is 5.02 Å². The van der Waals surface area contributed by atoms with Gasteiger partial charge in [0.05, 0.1) is 43.9 Å². The highest BCUT2D eigenvalue weighted by molar-refractivity contribution is 6.32. The summed E-state index contributed by atoms with van der Waals surface area (Å²) in [5.74, 6) is 0.750. The topological polar surface area (TPSA) is 108 Å². The Labute approximate surface area is 155 Å². The van der Waals surface area contributed by atoms with Crippen molar-refractivity contribution in [3.8, 4) is 0 Å².